The van der Waals surface area contributed by atoms with Crippen molar-refractivity contribution in [1.82, 2.24) is 14.7 Å². The molecule has 0 spiro atoms. The third-order valence-corrected chi connectivity index (χ3v) is 4.75. The quantitative estimate of drug-likeness (QED) is 0.110. The molecule has 37 heavy (non-hydrogen) atoms. The van der Waals surface area contributed by atoms with Gasteiger partial charge in [0.05, 0.1) is 44.2 Å². The van der Waals surface area contributed by atoms with Gasteiger partial charge in [0.1, 0.15) is 5.78 Å². The van der Waals surface area contributed by atoms with Crippen LogP contribution in [0.3, 0.4) is 0 Å². The zero-order valence-corrected chi connectivity index (χ0v) is 20.7. The maximum absolute atomic E-state index is 12.5. The maximum atomic E-state index is 12.5. The Morgan fingerprint density at radius 1 is 0.649 bits per heavy atom. The number of hydrogen-bond acceptors (Lipinski definition) is 13. The molecule has 0 aromatic carbocycles. The molecule has 0 aliphatic carbocycles. The number of carboxylic acids is 4. The second kappa shape index (κ2) is 22.5. The Kier molecular flexibility index (Phi) is 22.2. The van der Waals surface area contributed by atoms with Crippen LogP contribution in [0.4, 0.5) is 0 Å². The van der Waals surface area contributed by atoms with Crippen LogP contribution in [0.15, 0.2) is 0 Å². The minimum atomic E-state index is -1.49. The summed E-state index contributed by atoms with van der Waals surface area (Å²) in [5.41, 5.74) is 0. The van der Waals surface area contributed by atoms with Crippen LogP contribution in [0, 0.1) is 0 Å². The fraction of sp³-hybridized carbons (Fsp3) is 0.783. The summed E-state index contributed by atoms with van der Waals surface area (Å²) in [7, 11) is 0. The van der Waals surface area contributed by atoms with E-state index in [4.69, 9.17) is 14.6 Å². The highest BCUT2D eigenvalue weighted by atomic mass is 16.5. The summed E-state index contributed by atoms with van der Waals surface area (Å²) in [4.78, 5) is 59.9. The van der Waals surface area contributed by atoms with Crippen LogP contribution in [-0.4, -0.2) is 135 Å². The predicted molar refractivity (Wildman–Crippen MR) is 125 cm³/mol. The fourth-order valence-corrected chi connectivity index (χ4v) is 3.17. The number of rotatable bonds is 25. The summed E-state index contributed by atoms with van der Waals surface area (Å²) in [5, 5.41) is 41.7. The maximum Gasteiger partial charge on any atom is 0.317 e. The largest absolute Gasteiger partial charge is 0.549 e. The summed E-state index contributed by atoms with van der Waals surface area (Å²) in [6.45, 7) is 1.30. The lowest BCUT2D eigenvalue weighted by Gasteiger charge is -2.29. The van der Waals surface area contributed by atoms with E-state index in [0.29, 0.717) is 32.8 Å². The van der Waals surface area contributed by atoms with Gasteiger partial charge in [-0.15, -0.1) is 0 Å². The Morgan fingerprint density at radius 2 is 1.08 bits per heavy atom. The van der Waals surface area contributed by atoms with Gasteiger partial charge in [0, 0.05) is 65.4 Å². The number of aliphatic carboxylic acids is 4. The van der Waals surface area contributed by atoms with Crippen molar-refractivity contribution in [1.29, 1.82) is 0 Å². The van der Waals surface area contributed by atoms with Gasteiger partial charge in [0.15, 0.2) is 0 Å². The Morgan fingerprint density at radius 3 is 1.51 bits per heavy atom. The number of ketones is 1. The third kappa shape index (κ3) is 23.5. The number of carbonyl (C=O) groups is 5. The molecule has 0 amide bonds. The number of nitrogens with zero attached hydrogens (tertiary/aromatic N) is 3. The van der Waals surface area contributed by atoms with E-state index in [9.17, 15) is 39.3 Å². The summed E-state index contributed by atoms with van der Waals surface area (Å²) in [5.74, 6) is -5.85. The average molecular weight is 535 g/mol. The third-order valence-electron chi connectivity index (χ3n) is 4.75. The molecule has 0 radical (unpaired) electrons. The number of carboxylic acid groups (broad SMARTS) is 4. The van der Waals surface area contributed by atoms with Gasteiger partial charge in [-0.25, -0.2) is 0 Å². The van der Waals surface area contributed by atoms with E-state index in [1.54, 1.807) is 4.90 Å². The lowest BCUT2D eigenvalue weighted by molar-refractivity contribution is -0.311. The lowest BCUT2D eigenvalue weighted by atomic mass is 10.2. The van der Waals surface area contributed by atoms with E-state index in [2.05, 4.69) is 0 Å². The number of carbonyl (C=O) groups excluding carboxylic acids is 4. The second-order valence-corrected chi connectivity index (χ2v) is 8.07. The Hall–Kier alpha value is -2.65. The first-order chi connectivity index (χ1) is 17.0. The summed E-state index contributed by atoms with van der Waals surface area (Å²) >= 11 is 0. The van der Waals surface area contributed by atoms with Gasteiger partial charge in [-0.1, -0.05) is 14.4 Å². The highest BCUT2D eigenvalue weighted by Gasteiger charge is 2.17. The molecule has 0 aliphatic rings. The molecule has 1 N–H and O–H groups in total. The summed E-state index contributed by atoms with van der Waals surface area (Å²) in [6.07, 6.45) is 1.55. The van der Waals surface area contributed by atoms with Crippen molar-refractivity contribution in [2.45, 2.75) is 33.6 Å². The van der Waals surface area contributed by atoms with Gasteiger partial charge in [-0.3, -0.25) is 24.3 Å². The van der Waals surface area contributed by atoms with Crippen LogP contribution in [0.2, 0.25) is 0 Å². The van der Waals surface area contributed by atoms with Gasteiger partial charge in [0.25, 0.3) is 0 Å². The molecule has 0 heterocycles. The molecule has 14 heteroatoms. The normalized spacial score (nSPS) is 11.0. The molecule has 0 fully saturated rings. The van der Waals surface area contributed by atoms with Crippen molar-refractivity contribution in [2.24, 2.45) is 0 Å². The second-order valence-electron chi connectivity index (χ2n) is 8.07. The van der Waals surface area contributed by atoms with E-state index in [0.717, 1.165) is 16.2 Å². The van der Waals surface area contributed by atoms with Crippen molar-refractivity contribution in [3.8, 4) is 0 Å². The van der Waals surface area contributed by atoms with Crippen molar-refractivity contribution >= 4 is 29.7 Å². The molecule has 14 nitrogen and oxygen atoms in total. The first kappa shape index (κ1) is 36.5. The molecule has 0 aromatic rings. The smallest absolute Gasteiger partial charge is 0.317 e. The van der Waals surface area contributed by atoms with Crippen LogP contribution in [0.1, 0.15) is 33.6 Å². The van der Waals surface area contributed by atoms with Gasteiger partial charge >= 0.3 is 5.97 Å². The van der Waals surface area contributed by atoms with Gasteiger partial charge in [-0.05, 0) is 12.8 Å². The SMILES string of the molecule is C.CCCOCCOCCCC(=O)CN(CCN(CC(=O)[O-])CC(=O)[O-])CCN(CC(=O)[O-])CC(=O)O. The molecule has 0 saturated carbocycles. The Bertz CT molecular complexity index is 619. The molecular weight excluding hydrogens is 494 g/mol. The van der Waals surface area contributed by atoms with E-state index in [1.165, 1.54) is 0 Å². The molecule has 0 bridgehead atoms. The molecule has 0 atom stereocenters. The highest BCUT2D eigenvalue weighted by Crippen LogP contribution is 2.00. The highest BCUT2D eigenvalue weighted by molar-refractivity contribution is 5.80. The minimum Gasteiger partial charge on any atom is -0.549 e. The van der Waals surface area contributed by atoms with Gasteiger partial charge in [-0.2, -0.15) is 0 Å². The van der Waals surface area contributed by atoms with E-state index >= 15 is 0 Å². The van der Waals surface area contributed by atoms with Crippen LogP contribution < -0.4 is 15.3 Å². The number of ether oxygens (including phenoxy) is 2. The zero-order chi connectivity index (χ0) is 27.3. The molecular formula is C23H40N3O11-3. The van der Waals surface area contributed by atoms with Crippen LogP contribution in [-0.2, 0) is 33.4 Å². The van der Waals surface area contributed by atoms with Gasteiger partial charge in [0.2, 0.25) is 0 Å². The molecule has 0 rings (SSSR count). The van der Waals surface area contributed by atoms with Crippen LogP contribution >= 0.6 is 0 Å². The number of Topliss-reactive ketones (excluding diaryl/α,β-unsaturated/α-hetero) is 1. The van der Waals surface area contributed by atoms with Gasteiger partial charge < -0.3 is 44.3 Å². The zero-order valence-electron chi connectivity index (χ0n) is 20.7. The molecule has 0 aromatic heterocycles. The van der Waals surface area contributed by atoms with Crippen LogP contribution in [0.5, 0.6) is 0 Å². The monoisotopic (exact) mass is 534 g/mol. The van der Waals surface area contributed by atoms with Crippen molar-refractivity contribution in [3.05, 3.63) is 0 Å². The van der Waals surface area contributed by atoms with Crippen LogP contribution in [0.25, 0.3) is 0 Å². The van der Waals surface area contributed by atoms with Crippen molar-refractivity contribution in [3.63, 3.8) is 0 Å². The minimum absolute atomic E-state index is 0. The predicted octanol–water partition coefficient (Wildman–Crippen LogP) is -4.34. The standard InChI is InChI=1S/C22H39N3O11.CH4/c1-2-9-35-11-12-36-10-3-4-18(26)13-23(5-7-24(14-19(27)28)15-20(29)30)6-8-25(16-21(31)32)17-22(33)34;/h2-17H2,1H3,(H,27,28)(H,29,30)(H,31,32)(H,33,34);1H4/p-3. The Balaban J connectivity index is 0. The van der Waals surface area contributed by atoms with Crippen molar-refractivity contribution in [2.75, 3.05) is 85.3 Å². The Labute approximate surface area is 217 Å². The summed E-state index contributed by atoms with van der Waals surface area (Å²) in [6, 6.07) is 0. The summed E-state index contributed by atoms with van der Waals surface area (Å²) < 4.78 is 10.7. The first-order valence-corrected chi connectivity index (χ1v) is 11.7. The average Bonchev–Trinajstić information content (AvgIpc) is 2.75. The van der Waals surface area contributed by atoms with Crippen molar-refractivity contribution < 1.29 is 53.9 Å². The molecule has 216 valence electrons. The van der Waals surface area contributed by atoms with E-state index in [-0.39, 0.29) is 52.4 Å². The first-order valence-electron chi connectivity index (χ1n) is 11.7. The van der Waals surface area contributed by atoms with E-state index < -0.39 is 50.1 Å². The number of hydrogen-bond donors (Lipinski definition) is 1. The van der Waals surface area contributed by atoms with E-state index in [1.807, 2.05) is 6.92 Å². The topological polar surface area (TPSA) is 203 Å². The fourth-order valence-electron chi connectivity index (χ4n) is 3.17. The lowest BCUT2D eigenvalue weighted by Crippen LogP contribution is -2.49. The molecule has 0 aliphatic heterocycles. The molecule has 0 saturated heterocycles. The molecule has 0 unspecified atom stereocenters.